The lowest BCUT2D eigenvalue weighted by Crippen LogP contribution is -2.15. The van der Waals surface area contributed by atoms with Crippen molar-refractivity contribution in [3.8, 4) is 0 Å². The summed E-state index contributed by atoms with van der Waals surface area (Å²) in [6, 6.07) is 5.18. The van der Waals surface area contributed by atoms with Crippen LogP contribution in [0.2, 0.25) is 0 Å². The molecule has 3 nitrogen and oxygen atoms in total. The maximum absolute atomic E-state index is 13.5. The summed E-state index contributed by atoms with van der Waals surface area (Å²) in [4.78, 5) is 8.04. The van der Waals surface area contributed by atoms with Gasteiger partial charge in [0.2, 0.25) is 0 Å². The number of rotatable bonds is 4. The van der Waals surface area contributed by atoms with Gasteiger partial charge in [0.25, 0.3) is 0 Å². The molecule has 0 aliphatic heterocycles. The van der Waals surface area contributed by atoms with Crippen molar-refractivity contribution >= 4 is 0 Å². The molecular formula is C14H16FN3. The molecule has 0 saturated heterocycles. The smallest absolute Gasteiger partial charge is 0.146 e. The van der Waals surface area contributed by atoms with Gasteiger partial charge in [-0.3, -0.25) is 9.97 Å². The monoisotopic (exact) mass is 245 g/mol. The first-order valence-electron chi connectivity index (χ1n) is 5.99. The SMILES string of the molecule is CCc1ccc(CC(N)c2ccncc2F)nc1. The van der Waals surface area contributed by atoms with E-state index in [-0.39, 0.29) is 5.82 Å². The molecule has 2 aromatic heterocycles. The van der Waals surface area contributed by atoms with Crippen molar-refractivity contribution in [1.29, 1.82) is 0 Å². The lowest BCUT2D eigenvalue weighted by Gasteiger charge is -2.12. The minimum atomic E-state index is -0.395. The average molecular weight is 245 g/mol. The third kappa shape index (κ3) is 2.90. The summed E-state index contributed by atoms with van der Waals surface area (Å²) in [6.45, 7) is 2.08. The molecule has 0 radical (unpaired) electrons. The molecule has 2 heterocycles. The fraction of sp³-hybridized carbons (Fsp3) is 0.286. The minimum Gasteiger partial charge on any atom is -0.324 e. The molecule has 0 fully saturated rings. The van der Waals surface area contributed by atoms with Gasteiger partial charge in [-0.15, -0.1) is 0 Å². The predicted molar refractivity (Wildman–Crippen MR) is 68.4 cm³/mol. The molecule has 94 valence electrons. The van der Waals surface area contributed by atoms with Gasteiger partial charge in [0.15, 0.2) is 0 Å². The molecule has 0 aromatic carbocycles. The molecule has 1 atom stereocenters. The van der Waals surface area contributed by atoms with Crippen molar-refractivity contribution in [2.24, 2.45) is 5.73 Å². The molecule has 0 saturated carbocycles. The molecule has 0 aliphatic carbocycles. The van der Waals surface area contributed by atoms with E-state index < -0.39 is 6.04 Å². The van der Waals surface area contributed by atoms with Crippen LogP contribution in [-0.4, -0.2) is 9.97 Å². The van der Waals surface area contributed by atoms with Crippen molar-refractivity contribution < 1.29 is 4.39 Å². The molecule has 0 bridgehead atoms. The zero-order chi connectivity index (χ0) is 13.0. The second-order valence-corrected chi connectivity index (χ2v) is 4.22. The van der Waals surface area contributed by atoms with E-state index in [0.29, 0.717) is 12.0 Å². The molecule has 2 rings (SSSR count). The zero-order valence-corrected chi connectivity index (χ0v) is 10.3. The van der Waals surface area contributed by atoms with Gasteiger partial charge in [0.05, 0.1) is 6.20 Å². The number of hydrogen-bond acceptors (Lipinski definition) is 3. The summed E-state index contributed by atoms with van der Waals surface area (Å²) in [7, 11) is 0. The van der Waals surface area contributed by atoms with E-state index in [1.807, 2.05) is 18.3 Å². The summed E-state index contributed by atoms with van der Waals surface area (Å²) in [6.07, 6.45) is 6.04. The Bertz CT molecular complexity index is 511. The summed E-state index contributed by atoms with van der Waals surface area (Å²) >= 11 is 0. The Morgan fingerprint density at radius 3 is 2.72 bits per heavy atom. The molecule has 2 N–H and O–H groups in total. The Hall–Kier alpha value is -1.81. The highest BCUT2D eigenvalue weighted by Crippen LogP contribution is 2.17. The topological polar surface area (TPSA) is 51.8 Å². The van der Waals surface area contributed by atoms with Gasteiger partial charge in [-0.25, -0.2) is 4.39 Å². The first kappa shape index (κ1) is 12.6. The molecule has 1 unspecified atom stereocenters. The lowest BCUT2D eigenvalue weighted by molar-refractivity contribution is 0.572. The van der Waals surface area contributed by atoms with Gasteiger partial charge in [-0.1, -0.05) is 13.0 Å². The molecule has 18 heavy (non-hydrogen) atoms. The summed E-state index contributed by atoms with van der Waals surface area (Å²) in [5.74, 6) is -0.366. The first-order valence-corrected chi connectivity index (χ1v) is 5.99. The highest BCUT2D eigenvalue weighted by molar-refractivity contribution is 5.21. The Morgan fingerprint density at radius 2 is 2.11 bits per heavy atom. The molecular weight excluding hydrogens is 229 g/mol. The number of aromatic nitrogens is 2. The number of pyridine rings is 2. The normalized spacial score (nSPS) is 12.4. The third-order valence-electron chi connectivity index (χ3n) is 2.93. The predicted octanol–water partition coefficient (Wildman–Crippen LogP) is 2.42. The number of nitrogens with zero attached hydrogens (tertiary/aromatic N) is 2. The maximum atomic E-state index is 13.5. The Kier molecular flexibility index (Phi) is 3.99. The van der Waals surface area contributed by atoms with E-state index in [1.165, 1.54) is 11.8 Å². The van der Waals surface area contributed by atoms with E-state index in [4.69, 9.17) is 5.73 Å². The van der Waals surface area contributed by atoms with Crippen molar-refractivity contribution in [2.45, 2.75) is 25.8 Å². The van der Waals surface area contributed by atoms with Crippen LogP contribution in [0.5, 0.6) is 0 Å². The van der Waals surface area contributed by atoms with Crippen LogP contribution in [-0.2, 0) is 12.8 Å². The summed E-state index contributed by atoms with van der Waals surface area (Å²) in [5, 5.41) is 0. The molecule has 4 heteroatoms. The van der Waals surface area contributed by atoms with Crippen molar-refractivity contribution in [1.82, 2.24) is 9.97 Å². The molecule has 0 spiro atoms. The highest BCUT2D eigenvalue weighted by atomic mass is 19.1. The standard InChI is InChI=1S/C14H16FN3/c1-2-10-3-4-11(18-8-10)7-14(16)12-5-6-17-9-13(12)15/h3-6,8-9,14H,2,7,16H2,1H3. The largest absolute Gasteiger partial charge is 0.324 e. The van der Waals surface area contributed by atoms with E-state index in [2.05, 4.69) is 16.9 Å². The molecule has 2 aromatic rings. The van der Waals surface area contributed by atoms with Crippen LogP contribution in [0.4, 0.5) is 4.39 Å². The van der Waals surface area contributed by atoms with Gasteiger partial charge in [-0.05, 0) is 24.1 Å². The first-order chi connectivity index (χ1) is 8.70. The average Bonchev–Trinajstić information content (AvgIpc) is 2.40. The lowest BCUT2D eigenvalue weighted by atomic mass is 10.0. The Labute approximate surface area is 106 Å². The molecule has 0 aliphatic rings. The maximum Gasteiger partial charge on any atom is 0.146 e. The second-order valence-electron chi connectivity index (χ2n) is 4.22. The van der Waals surface area contributed by atoms with Crippen molar-refractivity contribution in [2.75, 3.05) is 0 Å². The van der Waals surface area contributed by atoms with Gasteiger partial charge in [-0.2, -0.15) is 0 Å². The Balaban J connectivity index is 2.11. The Morgan fingerprint density at radius 1 is 1.28 bits per heavy atom. The number of halogens is 1. The van der Waals surface area contributed by atoms with Gasteiger partial charge in [0.1, 0.15) is 5.82 Å². The van der Waals surface area contributed by atoms with Crippen LogP contribution in [0.15, 0.2) is 36.8 Å². The third-order valence-corrected chi connectivity index (χ3v) is 2.93. The van der Waals surface area contributed by atoms with E-state index in [9.17, 15) is 4.39 Å². The fourth-order valence-electron chi connectivity index (χ4n) is 1.81. The van der Waals surface area contributed by atoms with Crippen LogP contribution in [0, 0.1) is 5.82 Å². The van der Waals surface area contributed by atoms with Gasteiger partial charge in [0, 0.05) is 36.1 Å². The quantitative estimate of drug-likeness (QED) is 0.900. The summed E-state index contributed by atoms with van der Waals surface area (Å²) in [5.41, 5.74) is 8.52. The van der Waals surface area contributed by atoms with Crippen molar-refractivity contribution in [3.63, 3.8) is 0 Å². The van der Waals surface area contributed by atoms with Crippen LogP contribution >= 0.6 is 0 Å². The summed E-state index contributed by atoms with van der Waals surface area (Å²) < 4.78 is 13.5. The van der Waals surface area contributed by atoms with Crippen LogP contribution in [0.25, 0.3) is 0 Å². The van der Waals surface area contributed by atoms with Crippen LogP contribution in [0.3, 0.4) is 0 Å². The van der Waals surface area contributed by atoms with Gasteiger partial charge >= 0.3 is 0 Å². The number of hydrogen-bond donors (Lipinski definition) is 1. The van der Waals surface area contributed by atoms with E-state index in [1.54, 1.807) is 12.3 Å². The molecule has 0 amide bonds. The van der Waals surface area contributed by atoms with Crippen LogP contribution in [0.1, 0.15) is 29.8 Å². The highest BCUT2D eigenvalue weighted by Gasteiger charge is 2.12. The van der Waals surface area contributed by atoms with Gasteiger partial charge < -0.3 is 5.73 Å². The van der Waals surface area contributed by atoms with Crippen LogP contribution < -0.4 is 5.73 Å². The number of nitrogens with two attached hydrogens (primary N) is 1. The minimum absolute atomic E-state index is 0.366. The van der Waals surface area contributed by atoms with Crippen molar-refractivity contribution in [3.05, 3.63) is 59.4 Å². The zero-order valence-electron chi connectivity index (χ0n) is 10.3. The second kappa shape index (κ2) is 5.69. The fourth-order valence-corrected chi connectivity index (χ4v) is 1.81. The van der Waals surface area contributed by atoms with E-state index in [0.717, 1.165) is 12.1 Å². The van der Waals surface area contributed by atoms with E-state index >= 15 is 0 Å². The number of aryl methyl sites for hydroxylation is 1.